The zero-order valence-corrected chi connectivity index (χ0v) is 31.6. The third kappa shape index (κ3) is 7.39. The van der Waals surface area contributed by atoms with E-state index in [9.17, 15) is 8.42 Å². The fraction of sp³-hybridized carbons (Fsp3) is 0.200. The minimum atomic E-state index is -3.00. The third-order valence-electron chi connectivity index (χ3n) is 9.24. The Hall–Kier alpha value is -5.37. The number of benzene rings is 4. The van der Waals surface area contributed by atoms with Gasteiger partial charge in [-0.25, -0.2) is 23.1 Å². The van der Waals surface area contributed by atoms with Gasteiger partial charge in [-0.05, 0) is 47.6 Å². The van der Waals surface area contributed by atoms with Crippen molar-refractivity contribution in [1.29, 1.82) is 0 Å². The normalized spacial score (nSPS) is 11.9. The number of fused-ring (bicyclic) bond motifs is 20. The van der Waals surface area contributed by atoms with E-state index >= 15 is 0 Å². The maximum Gasteiger partial charge on any atom is 2.00 e. The molecule has 2 aliphatic rings. The van der Waals surface area contributed by atoms with Crippen LogP contribution in [0.4, 0.5) is 0 Å². The molecule has 12 nitrogen and oxygen atoms in total. The summed E-state index contributed by atoms with van der Waals surface area (Å²) in [6.45, 7) is 7.75. The van der Waals surface area contributed by atoms with Crippen molar-refractivity contribution in [2.45, 2.75) is 20.3 Å². The molecule has 275 valence electrons. The second-order valence-electron chi connectivity index (χ2n) is 12.7. The molecule has 0 unspecified atom stereocenters. The first kappa shape index (κ1) is 37.0. The molecule has 5 heterocycles. The average Bonchev–Trinajstić information content (AvgIpc) is 3.91. The fourth-order valence-electron chi connectivity index (χ4n) is 6.56. The summed E-state index contributed by atoms with van der Waals surface area (Å²) in [6, 6.07) is 31.8. The van der Waals surface area contributed by atoms with Crippen LogP contribution in [0.25, 0.3) is 89.7 Å². The first-order chi connectivity index (χ1) is 25.8. The Kier molecular flexibility index (Phi) is 10.6. The Morgan fingerprint density at radius 3 is 1.15 bits per heavy atom. The number of nitrogens with zero attached hydrogens (tertiary/aromatic N) is 9. The zero-order chi connectivity index (χ0) is 36.5. The SMILES string of the molecule is CCN(CC)CCCNS(C)(=O)=O.[Cu+2].c1ccc2c(c1)-c1nc-2nc2[n-]c(nc3nc(nc4[n-]c(n1)c1ccccc41)-c1ccccc1-3)c1ccccc21. The van der Waals surface area contributed by atoms with Crippen LogP contribution in [0.2, 0.25) is 0 Å². The minimum Gasteiger partial charge on any atom is -0.357 e. The molecular weight excluding hydrogens is 748 g/mol. The summed E-state index contributed by atoms with van der Waals surface area (Å²) in [5, 5.41) is 3.57. The molecule has 4 aromatic carbocycles. The predicted molar refractivity (Wildman–Crippen MR) is 209 cm³/mol. The molecule has 54 heavy (non-hydrogen) atoms. The minimum absolute atomic E-state index is 0. The second-order valence-corrected chi connectivity index (χ2v) is 14.5. The van der Waals surface area contributed by atoms with Crippen molar-refractivity contribution < 1.29 is 25.5 Å². The van der Waals surface area contributed by atoms with E-state index in [1.807, 2.05) is 97.1 Å². The van der Waals surface area contributed by atoms with Gasteiger partial charge in [-0.15, -0.1) is 0 Å². The number of hydrogen-bond donors (Lipinski definition) is 1. The molecule has 3 aromatic heterocycles. The molecule has 0 aliphatic carbocycles. The van der Waals surface area contributed by atoms with Gasteiger partial charge in [0.05, 0.1) is 29.6 Å². The first-order valence-corrected chi connectivity index (χ1v) is 19.4. The summed E-state index contributed by atoms with van der Waals surface area (Å²) in [7, 11) is -3.00. The number of hydrogen-bond acceptors (Lipinski definition) is 9. The van der Waals surface area contributed by atoms with E-state index in [1.54, 1.807) is 0 Å². The van der Waals surface area contributed by atoms with E-state index in [4.69, 9.17) is 39.9 Å². The molecule has 0 amide bonds. The van der Waals surface area contributed by atoms with Crippen molar-refractivity contribution in [3.05, 3.63) is 97.1 Å². The average molecular weight is 784 g/mol. The van der Waals surface area contributed by atoms with Crippen LogP contribution in [0.1, 0.15) is 20.3 Å². The Labute approximate surface area is 323 Å². The maximum atomic E-state index is 10.7. The summed E-state index contributed by atoms with van der Waals surface area (Å²) in [6.07, 6.45) is 2.05. The Bertz CT molecular complexity index is 2460. The van der Waals surface area contributed by atoms with E-state index in [2.05, 4.69) is 23.5 Å². The van der Waals surface area contributed by atoms with Crippen molar-refractivity contribution in [3.8, 4) is 45.6 Å². The van der Waals surface area contributed by atoms with Crippen LogP contribution in [0.5, 0.6) is 0 Å². The number of nitrogens with one attached hydrogen (secondary N) is 1. The summed E-state index contributed by atoms with van der Waals surface area (Å²) in [5.74, 6) is 2.21. The van der Waals surface area contributed by atoms with E-state index in [0.29, 0.717) is 52.4 Å². The largest absolute Gasteiger partial charge is 2.00 e. The molecule has 0 atom stereocenters. The van der Waals surface area contributed by atoms with Gasteiger partial charge in [0, 0.05) is 51.4 Å². The van der Waals surface area contributed by atoms with E-state index in [0.717, 1.165) is 69.9 Å². The first-order valence-electron chi connectivity index (χ1n) is 17.5. The molecule has 7 aromatic rings. The summed E-state index contributed by atoms with van der Waals surface area (Å²) < 4.78 is 23.9. The molecule has 1 radical (unpaired) electrons. The van der Waals surface area contributed by atoms with Crippen LogP contribution < -0.4 is 14.7 Å². The van der Waals surface area contributed by atoms with E-state index in [-0.39, 0.29) is 17.1 Å². The fourth-order valence-corrected chi connectivity index (χ4v) is 7.07. The Balaban J connectivity index is 0.000000279. The molecule has 0 fully saturated rings. The van der Waals surface area contributed by atoms with Crippen LogP contribution in [-0.4, -0.2) is 75.7 Å². The zero-order valence-electron chi connectivity index (χ0n) is 29.8. The Morgan fingerprint density at radius 1 is 0.537 bits per heavy atom. The van der Waals surface area contributed by atoms with Crippen molar-refractivity contribution in [1.82, 2.24) is 49.5 Å². The van der Waals surface area contributed by atoms with Gasteiger partial charge in [0.1, 0.15) is 0 Å². The topological polar surface area (TPSA) is 155 Å². The molecule has 0 saturated carbocycles. The maximum absolute atomic E-state index is 10.7. The summed E-state index contributed by atoms with van der Waals surface area (Å²) in [4.78, 5) is 41.5. The molecular formula is C40H36CuN10O2S. The molecule has 1 N–H and O–H groups in total. The van der Waals surface area contributed by atoms with E-state index in [1.165, 1.54) is 6.26 Å². The van der Waals surface area contributed by atoms with Crippen molar-refractivity contribution in [3.63, 3.8) is 0 Å². The van der Waals surface area contributed by atoms with Crippen LogP contribution >= 0.6 is 0 Å². The van der Waals surface area contributed by atoms with Gasteiger partial charge in [-0.3, -0.25) is 0 Å². The van der Waals surface area contributed by atoms with Crippen LogP contribution in [0.3, 0.4) is 0 Å². The van der Waals surface area contributed by atoms with Crippen molar-refractivity contribution in [2.75, 3.05) is 32.4 Å². The predicted octanol–water partition coefficient (Wildman–Crippen LogP) is 6.39. The number of aromatic nitrogens is 8. The molecule has 0 saturated heterocycles. The Morgan fingerprint density at radius 2 is 0.852 bits per heavy atom. The number of rotatable bonds is 7. The molecule has 14 heteroatoms. The van der Waals surface area contributed by atoms with Crippen molar-refractivity contribution >= 4 is 54.2 Å². The smallest absolute Gasteiger partial charge is 0.357 e. The standard InChI is InChI=1S/C32H16N8.C8H20N2O2S.Cu/c1-2-10-18-17(9-1)25-33-26(18)38-28-21-13-5-6-14-22(21)30(35-28)40-32-24-16-8-7-15-23(24)31(36-32)39-29-20-12-4-3-11-19(20)27(34-29)37-25;1-4-10(5-2)8-6-7-9-13(3,11)12;/h1-16H;9H,4-8H2,1-3H3;/q-2;;+2. The van der Waals surface area contributed by atoms with E-state index < -0.39 is 10.0 Å². The van der Waals surface area contributed by atoms with Gasteiger partial charge in [0.25, 0.3) is 0 Å². The molecule has 2 aliphatic heterocycles. The van der Waals surface area contributed by atoms with Gasteiger partial charge < -0.3 is 34.8 Å². The van der Waals surface area contributed by atoms with Gasteiger partial charge in [-0.2, -0.15) is 0 Å². The van der Waals surface area contributed by atoms with Crippen LogP contribution in [0, 0.1) is 0 Å². The quantitative estimate of drug-likeness (QED) is 0.141. The summed E-state index contributed by atoms with van der Waals surface area (Å²) in [5.41, 5.74) is 5.78. The second kappa shape index (κ2) is 15.5. The molecule has 9 rings (SSSR count). The molecule has 0 spiro atoms. The van der Waals surface area contributed by atoms with Gasteiger partial charge in [0.2, 0.25) is 10.0 Å². The van der Waals surface area contributed by atoms with Gasteiger partial charge in [-0.1, -0.05) is 111 Å². The third-order valence-corrected chi connectivity index (χ3v) is 9.97. The van der Waals surface area contributed by atoms with Crippen LogP contribution in [-0.2, 0) is 27.1 Å². The number of sulfonamides is 1. The van der Waals surface area contributed by atoms with Crippen LogP contribution in [0.15, 0.2) is 97.1 Å². The van der Waals surface area contributed by atoms with Crippen molar-refractivity contribution in [2.24, 2.45) is 0 Å². The molecule has 8 bridgehead atoms. The summed E-state index contributed by atoms with van der Waals surface area (Å²) >= 11 is 0. The monoisotopic (exact) mass is 783 g/mol. The van der Waals surface area contributed by atoms with Gasteiger partial charge in [0.15, 0.2) is 0 Å². The van der Waals surface area contributed by atoms with Gasteiger partial charge >= 0.3 is 17.1 Å².